The number of cyclic esters (lactones) is 2. The van der Waals surface area contributed by atoms with Gasteiger partial charge in [-0.3, -0.25) is 24.3 Å². The van der Waals surface area contributed by atoms with Gasteiger partial charge in [-0.1, -0.05) is 48.5 Å². The number of aromatic nitrogens is 3. The number of benzene rings is 3. The molecule has 1 aliphatic heterocycles. The second kappa shape index (κ2) is 10.0. The summed E-state index contributed by atoms with van der Waals surface area (Å²) in [6.45, 7) is 0. The predicted molar refractivity (Wildman–Crippen MR) is 127 cm³/mol. The van der Waals surface area contributed by atoms with Crippen LogP contribution in [0.4, 0.5) is 5.69 Å². The Kier molecular flexibility index (Phi) is 6.46. The number of hydrogen-bond donors (Lipinski definition) is 0. The number of hydrogen-bond acceptors (Lipinski definition) is 9. The number of nitro groups is 1. The van der Waals surface area contributed by atoms with Crippen molar-refractivity contribution in [1.29, 1.82) is 0 Å². The lowest BCUT2D eigenvalue weighted by atomic mass is 10.1. The smallest absolute Gasteiger partial charge is 0.320 e. The van der Waals surface area contributed by atoms with Crippen molar-refractivity contribution in [2.45, 2.75) is 29.2 Å². The number of nitrogens with zero attached hydrogens (tertiary/aromatic N) is 4. The summed E-state index contributed by atoms with van der Waals surface area (Å²) in [6.07, 6.45) is -1.31. The maximum atomic E-state index is 11.9. The van der Waals surface area contributed by atoms with Gasteiger partial charge in [0.2, 0.25) is 5.16 Å². The van der Waals surface area contributed by atoms with Gasteiger partial charge in [0.1, 0.15) is 12.2 Å². The van der Waals surface area contributed by atoms with Gasteiger partial charge in [0.05, 0.1) is 9.82 Å². The highest BCUT2D eigenvalue weighted by Crippen LogP contribution is 2.38. The second-order valence-corrected chi connectivity index (χ2v) is 8.82. The van der Waals surface area contributed by atoms with Gasteiger partial charge in [0, 0.05) is 23.7 Å². The molecule has 1 fully saturated rings. The summed E-state index contributed by atoms with van der Waals surface area (Å²) < 4.78 is 11.9. The van der Waals surface area contributed by atoms with Gasteiger partial charge in [-0.05, 0) is 41.6 Å². The summed E-state index contributed by atoms with van der Waals surface area (Å²) in [6, 6.07) is 23.5. The highest BCUT2D eigenvalue weighted by Gasteiger charge is 2.31. The van der Waals surface area contributed by atoms with Crippen molar-refractivity contribution < 1.29 is 24.0 Å². The minimum atomic E-state index is -1.33. The first-order valence-electron chi connectivity index (χ1n) is 10.9. The number of esters is 2. The number of ether oxygens (including phenoxy) is 2. The Morgan fingerprint density at radius 2 is 1.61 bits per heavy atom. The lowest BCUT2D eigenvalue weighted by Gasteiger charge is -2.22. The van der Waals surface area contributed by atoms with Crippen molar-refractivity contribution in [3.63, 3.8) is 0 Å². The predicted octanol–water partition coefficient (Wildman–Crippen LogP) is 4.41. The topological polar surface area (TPSA) is 126 Å². The fraction of sp³-hybridized carbons (Fsp3) is 0.120. The first kappa shape index (κ1) is 23.2. The maximum Gasteiger partial charge on any atom is 0.320 e. The van der Waals surface area contributed by atoms with Gasteiger partial charge in [0.25, 0.3) is 12.0 Å². The van der Waals surface area contributed by atoms with Crippen molar-refractivity contribution >= 4 is 29.4 Å². The third kappa shape index (κ3) is 4.96. The van der Waals surface area contributed by atoms with E-state index in [4.69, 9.17) is 9.47 Å². The molecule has 36 heavy (non-hydrogen) atoms. The minimum Gasteiger partial charge on any atom is -0.420 e. The van der Waals surface area contributed by atoms with Crippen LogP contribution in [-0.2, 0) is 25.5 Å². The Morgan fingerprint density at radius 3 is 2.28 bits per heavy atom. The zero-order valence-corrected chi connectivity index (χ0v) is 19.5. The Morgan fingerprint density at radius 1 is 0.944 bits per heavy atom. The van der Waals surface area contributed by atoms with Crippen LogP contribution in [0.2, 0.25) is 0 Å². The molecule has 0 radical (unpaired) electrons. The lowest BCUT2D eigenvalue weighted by Crippen LogP contribution is -2.26. The fourth-order valence-electron chi connectivity index (χ4n) is 3.70. The zero-order chi connectivity index (χ0) is 25.1. The van der Waals surface area contributed by atoms with Crippen LogP contribution in [0.1, 0.15) is 29.7 Å². The molecule has 0 saturated carbocycles. The van der Waals surface area contributed by atoms with Gasteiger partial charge in [-0.15, -0.1) is 10.2 Å². The molecule has 0 aliphatic carbocycles. The monoisotopic (exact) mass is 502 g/mol. The van der Waals surface area contributed by atoms with E-state index in [1.807, 2.05) is 65.2 Å². The van der Waals surface area contributed by atoms with E-state index in [2.05, 4.69) is 10.2 Å². The van der Waals surface area contributed by atoms with E-state index < -0.39 is 29.6 Å². The molecule has 0 N–H and O–H groups in total. The third-order valence-corrected chi connectivity index (χ3v) is 6.35. The quantitative estimate of drug-likeness (QED) is 0.156. The maximum absolute atomic E-state index is 11.9. The van der Waals surface area contributed by atoms with Crippen LogP contribution in [0.5, 0.6) is 0 Å². The summed E-state index contributed by atoms with van der Waals surface area (Å²) >= 11 is 1.08. The summed E-state index contributed by atoms with van der Waals surface area (Å²) in [4.78, 5) is 34.9. The van der Waals surface area contributed by atoms with E-state index in [9.17, 15) is 19.7 Å². The van der Waals surface area contributed by atoms with Crippen molar-refractivity contribution in [2.75, 3.05) is 0 Å². The number of nitro benzene ring substituents is 1. The second-order valence-electron chi connectivity index (χ2n) is 7.81. The van der Waals surface area contributed by atoms with Crippen LogP contribution in [0.25, 0.3) is 5.69 Å². The van der Waals surface area contributed by atoms with Gasteiger partial charge in [-0.25, -0.2) is 0 Å². The van der Waals surface area contributed by atoms with E-state index >= 15 is 0 Å². The molecule has 11 heteroatoms. The lowest BCUT2D eigenvalue weighted by molar-refractivity contribution is -0.387. The van der Waals surface area contributed by atoms with Crippen LogP contribution in [-0.4, -0.2) is 31.6 Å². The number of carbonyl (C=O) groups is 2. The Balaban J connectivity index is 1.51. The van der Waals surface area contributed by atoms with E-state index in [-0.39, 0.29) is 11.3 Å². The van der Waals surface area contributed by atoms with E-state index in [0.717, 1.165) is 23.0 Å². The molecule has 0 bridgehead atoms. The average Bonchev–Trinajstić information content (AvgIpc) is 3.26. The molecule has 2 heterocycles. The van der Waals surface area contributed by atoms with Crippen molar-refractivity contribution in [3.8, 4) is 5.69 Å². The first-order chi connectivity index (χ1) is 17.5. The van der Waals surface area contributed by atoms with Crippen LogP contribution in [0.15, 0.2) is 88.9 Å². The van der Waals surface area contributed by atoms with E-state index in [0.29, 0.717) is 22.3 Å². The molecule has 1 aromatic heterocycles. The van der Waals surface area contributed by atoms with Gasteiger partial charge in [0.15, 0.2) is 0 Å². The van der Waals surface area contributed by atoms with Crippen LogP contribution in [0, 0.1) is 10.1 Å². The molecule has 180 valence electrons. The molecule has 3 aromatic carbocycles. The summed E-state index contributed by atoms with van der Waals surface area (Å²) in [5, 5.41) is 21.1. The van der Waals surface area contributed by atoms with Crippen LogP contribution < -0.4 is 0 Å². The number of carbonyl (C=O) groups excluding carboxylic acids is 2. The molecular weight excluding hydrogens is 484 g/mol. The Labute approximate surface area is 209 Å². The molecule has 0 unspecified atom stereocenters. The Bertz CT molecular complexity index is 1430. The molecule has 1 aliphatic rings. The highest BCUT2D eigenvalue weighted by molar-refractivity contribution is 7.99. The average molecular weight is 503 g/mol. The molecule has 5 rings (SSSR count). The summed E-state index contributed by atoms with van der Waals surface area (Å²) in [7, 11) is 0. The van der Waals surface area contributed by atoms with E-state index in [1.165, 1.54) is 18.2 Å². The minimum absolute atomic E-state index is 0.182. The van der Waals surface area contributed by atoms with Crippen LogP contribution in [0.3, 0.4) is 0 Å². The molecule has 0 atom stereocenters. The number of para-hydroxylation sites is 1. The normalized spacial score (nSPS) is 13.8. The molecule has 0 amide bonds. The van der Waals surface area contributed by atoms with E-state index in [1.54, 1.807) is 0 Å². The van der Waals surface area contributed by atoms with Crippen molar-refractivity contribution in [2.24, 2.45) is 0 Å². The Hall–Kier alpha value is -4.51. The van der Waals surface area contributed by atoms with Gasteiger partial charge >= 0.3 is 11.9 Å². The molecule has 0 spiro atoms. The van der Waals surface area contributed by atoms with Gasteiger partial charge in [-0.2, -0.15) is 0 Å². The standard InChI is InChI=1S/C25H18N4O6S/c30-22-15-23(31)35-24(34-22)17-11-12-20(19(14-17)29(32)33)36-25-27-26-21(13-16-7-3-1-4-8-16)28(25)18-9-5-2-6-10-18/h1-12,14,24H,13,15H2. The molecule has 10 nitrogen and oxygen atoms in total. The van der Waals surface area contributed by atoms with Crippen molar-refractivity contribution in [3.05, 3.63) is 106 Å². The summed E-state index contributed by atoms with van der Waals surface area (Å²) in [5.41, 5.74) is 1.80. The zero-order valence-electron chi connectivity index (χ0n) is 18.6. The number of rotatable bonds is 7. The van der Waals surface area contributed by atoms with Crippen molar-refractivity contribution in [1.82, 2.24) is 14.8 Å². The molecule has 1 saturated heterocycles. The first-order valence-corrected chi connectivity index (χ1v) is 11.7. The molecule has 4 aromatic rings. The highest BCUT2D eigenvalue weighted by atomic mass is 32.2. The SMILES string of the molecule is O=C1CC(=O)OC(c2ccc(Sc3nnc(Cc4ccccc4)n3-c3ccccc3)c([N+](=O)[O-])c2)O1. The summed E-state index contributed by atoms with van der Waals surface area (Å²) in [5.74, 6) is -0.825. The largest absolute Gasteiger partial charge is 0.420 e. The fourth-order valence-corrected chi connectivity index (χ4v) is 4.66. The van der Waals surface area contributed by atoms with Crippen LogP contribution >= 0.6 is 11.8 Å². The van der Waals surface area contributed by atoms with Gasteiger partial charge < -0.3 is 9.47 Å². The third-order valence-electron chi connectivity index (χ3n) is 5.34. The molecular formula is C25H18N4O6S.